The molecule has 1 rings (SSSR count). The van der Waals surface area contributed by atoms with Gasteiger partial charge in [0.05, 0.1) is 18.5 Å². The fourth-order valence-corrected chi connectivity index (χ4v) is 0.858. The highest BCUT2D eigenvalue weighted by molar-refractivity contribution is 9.10. The first-order valence-electron chi connectivity index (χ1n) is 2.46. The molecule has 47 valence electrons. The van der Waals surface area contributed by atoms with E-state index >= 15 is 0 Å². The fourth-order valence-electron chi connectivity index (χ4n) is 0.491. The molecule has 9 heavy (non-hydrogen) atoms. The van der Waals surface area contributed by atoms with Crippen LogP contribution in [0.3, 0.4) is 0 Å². The van der Waals surface area contributed by atoms with Crippen LogP contribution in [0.2, 0.25) is 0 Å². The highest BCUT2D eigenvalue weighted by Crippen LogP contribution is 2.07. The molecule has 0 saturated carbocycles. The van der Waals surface area contributed by atoms with Gasteiger partial charge in [-0.3, -0.25) is 0 Å². The van der Waals surface area contributed by atoms with Gasteiger partial charge in [-0.1, -0.05) is 15.9 Å². The lowest BCUT2D eigenvalue weighted by molar-refractivity contribution is 0.276. The molecule has 0 aliphatic heterocycles. The SMILES string of the molecule is OCc1cc(Br)c[c]n1. The Morgan fingerprint density at radius 2 is 2.56 bits per heavy atom. The number of aliphatic hydroxyl groups excluding tert-OH is 1. The fraction of sp³-hybridized carbons (Fsp3) is 0.167. The van der Waals surface area contributed by atoms with E-state index in [1.54, 1.807) is 12.1 Å². The monoisotopic (exact) mass is 186 g/mol. The Morgan fingerprint density at radius 3 is 3.00 bits per heavy atom. The molecule has 0 atom stereocenters. The van der Waals surface area contributed by atoms with Crippen molar-refractivity contribution in [3.8, 4) is 0 Å². The van der Waals surface area contributed by atoms with E-state index < -0.39 is 0 Å². The summed E-state index contributed by atoms with van der Waals surface area (Å²) in [4.78, 5) is 3.75. The summed E-state index contributed by atoms with van der Waals surface area (Å²) in [7, 11) is 0. The third-order valence-corrected chi connectivity index (χ3v) is 1.33. The lowest BCUT2D eigenvalue weighted by atomic mass is 10.4. The standard InChI is InChI=1S/C6H5BrNO/c7-5-1-2-8-6(3-5)4-9/h1,3,9H,4H2. The summed E-state index contributed by atoms with van der Waals surface area (Å²) in [5.41, 5.74) is 0.629. The topological polar surface area (TPSA) is 33.1 Å². The molecule has 0 aromatic carbocycles. The molecule has 0 saturated heterocycles. The van der Waals surface area contributed by atoms with Gasteiger partial charge < -0.3 is 5.11 Å². The zero-order chi connectivity index (χ0) is 6.69. The second kappa shape index (κ2) is 2.94. The van der Waals surface area contributed by atoms with Crippen molar-refractivity contribution < 1.29 is 5.11 Å². The number of rotatable bonds is 1. The largest absolute Gasteiger partial charge is 0.390 e. The Kier molecular flexibility index (Phi) is 2.19. The van der Waals surface area contributed by atoms with Crippen LogP contribution in [0.5, 0.6) is 0 Å². The Labute approximate surface area is 61.7 Å². The predicted octanol–water partition coefficient (Wildman–Crippen LogP) is 1.14. The van der Waals surface area contributed by atoms with Crippen molar-refractivity contribution in [2.24, 2.45) is 0 Å². The van der Waals surface area contributed by atoms with Gasteiger partial charge in [0.25, 0.3) is 0 Å². The van der Waals surface area contributed by atoms with E-state index in [2.05, 4.69) is 27.1 Å². The summed E-state index contributed by atoms with van der Waals surface area (Å²) in [6.45, 7) is -0.0318. The molecule has 0 amide bonds. The summed E-state index contributed by atoms with van der Waals surface area (Å²) in [6.07, 6.45) is 2.62. The molecule has 0 aliphatic carbocycles. The van der Waals surface area contributed by atoms with Crippen LogP contribution in [0.25, 0.3) is 0 Å². The number of aliphatic hydroxyl groups is 1. The first-order valence-corrected chi connectivity index (χ1v) is 3.25. The molecule has 1 radical (unpaired) electrons. The van der Waals surface area contributed by atoms with Crippen molar-refractivity contribution >= 4 is 15.9 Å². The third kappa shape index (κ3) is 1.77. The van der Waals surface area contributed by atoms with E-state index in [-0.39, 0.29) is 6.61 Å². The van der Waals surface area contributed by atoms with Gasteiger partial charge >= 0.3 is 0 Å². The van der Waals surface area contributed by atoms with Gasteiger partial charge in [0, 0.05) is 4.47 Å². The van der Waals surface area contributed by atoms with E-state index in [1.165, 1.54) is 0 Å². The average molecular weight is 187 g/mol. The number of hydrogen-bond donors (Lipinski definition) is 1. The molecule has 0 aliphatic rings. The predicted molar refractivity (Wildman–Crippen MR) is 36.7 cm³/mol. The average Bonchev–Trinajstić information content (AvgIpc) is 1.88. The number of aromatic nitrogens is 1. The highest BCUT2D eigenvalue weighted by Gasteiger charge is 1.90. The van der Waals surface area contributed by atoms with Crippen molar-refractivity contribution in [3.63, 3.8) is 0 Å². The van der Waals surface area contributed by atoms with Crippen LogP contribution in [0.15, 0.2) is 16.6 Å². The van der Waals surface area contributed by atoms with Gasteiger partial charge in [-0.2, -0.15) is 0 Å². The zero-order valence-electron chi connectivity index (χ0n) is 4.63. The molecular weight excluding hydrogens is 182 g/mol. The first kappa shape index (κ1) is 6.71. The summed E-state index contributed by atoms with van der Waals surface area (Å²) in [5.74, 6) is 0. The van der Waals surface area contributed by atoms with Crippen LogP contribution in [0.4, 0.5) is 0 Å². The third-order valence-electron chi connectivity index (χ3n) is 0.877. The second-order valence-electron chi connectivity index (χ2n) is 1.56. The van der Waals surface area contributed by atoms with E-state index in [0.717, 1.165) is 4.47 Å². The lowest BCUT2D eigenvalue weighted by Gasteiger charge is -1.91. The molecule has 2 nitrogen and oxygen atoms in total. The number of halogens is 1. The summed E-state index contributed by atoms with van der Waals surface area (Å²) >= 11 is 3.22. The molecule has 1 aromatic rings. The Bertz CT molecular complexity index is 202. The maximum atomic E-state index is 8.56. The van der Waals surface area contributed by atoms with Crippen molar-refractivity contribution in [2.45, 2.75) is 6.61 Å². The minimum Gasteiger partial charge on any atom is -0.390 e. The Hall–Kier alpha value is -0.410. The zero-order valence-corrected chi connectivity index (χ0v) is 6.22. The molecule has 1 N–H and O–H groups in total. The molecule has 1 aromatic heterocycles. The molecule has 0 bridgehead atoms. The van der Waals surface area contributed by atoms with Crippen LogP contribution in [-0.2, 0) is 6.61 Å². The van der Waals surface area contributed by atoms with E-state index in [4.69, 9.17) is 5.11 Å². The maximum Gasteiger partial charge on any atom is 0.0902 e. The molecule has 1 heterocycles. The van der Waals surface area contributed by atoms with Crippen LogP contribution < -0.4 is 0 Å². The Balaban J connectivity index is 2.94. The number of pyridine rings is 1. The van der Waals surface area contributed by atoms with Gasteiger partial charge in [-0.25, -0.2) is 4.98 Å². The minimum atomic E-state index is -0.0318. The van der Waals surface area contributed by atoms with Crippen molar-refractivity contribution in [1.29, 1.82) is 0 Å². The summed E-state index contributed by atoms with van der Waals surface area (Å²) < 4.78 is 0.890. The van der Waals surface area contributed by atoms with Gasteiger partial charge in [-0.05, 0) is 12.1 Å². The van der Waals surface area contributed by atoms with E-state index in [0.29, 0.717) is 5.69 Å². The normalized spacial score (nSPS) is 9.56. The maximum absolute atomic E-state index is 8.56. The van der Waals surface area contributed by atoms with Crippen LogP contribution in [-0.4, -0.2) is 10.1 Å². The van der Waals surface area contributed by atoms with E-state index in [9.17, 15) is 0 Å². The van der Waals surface area contributed by atoms with Gasteiger partial charge in [0.15, 0.2) is 0 Å². The van der Waals surface area contributed by atoms with Crippen LogP contribution >= 0.6 is 15.9 Å². The Morgan fingerprint density at radius 1 is 1.78 bits per heavy atom. The molecule has 0 fully saturated rings. The van der Waals surface area contributed by atoms with Crippen molar-refractivity contribution in [3.05, 3.63) is 28.5 Å². The van der Waals surface area contributed by atoms with Crippen LogP contribution in [0.1, 0.15) is 5.69 Å². The summed E-state index contributed by atoms with van der Waals surface area (Å²) in [6, 6.07) is 3.44. The summed E-state index contributed by atoms with van der Waals surface area (Å²) in [5, 5.41) is 8.56. The van der Waals surface area contributed by atoms with Gasteiger partial charge in [-0.15, -0.1) is 0 Å². The van der Waals surface area contributed by atoms with E-state index in [1.807, 2.05) is 0 Å². The van der Waals surface area contributed by atoms with Crippen molar-refractivity contribution in [2.75, 3.05) is 0 Å². The van der Waals surface area contributed by atoms with Crippen LogP contribution in [0, 0.1) is 6.20 Å². The molecular formula is C6H5BrNO. The quantitative estimate of drug-likeness (QED) is 0.714. The first-order chi connectivity index (χ1) is 4.33. The lowest BCUT2D eigenvalue weighted by Crippen LogP contribution is -1.86. The second-order valence-corrected chi connectivity index (χ2v) is 2.48. The minimum absolute atomic E-state index is 0.0318. The highest BCUT2D eigenvalue weighted by atomic mass is 79.9. The smallest absolute Gasteiger partial charge is 0.0902 e. The molecule has 0 spiro atoms. The number of nitrogens with zero attached hydrogens (tertiary/aromatic N) is 1. The van der Waals surface area contributed by atoms with Gasteiger partial charge in [0.2, 0.25) is 0 Å². The molecule has 0 unspecified atom stereocenters. The molecule has 3 heteroatoms. The van der Waals surface area contributed by atoms with Gasteiger partial charge in [0.1, 0.15) is 0 Å². The van der Waals surface area contributed by atoms with Crippen molar-refractivity contribution in [1.82, 2.24) is 4.98 Å². The number of hydrogen-bond acceptors (Lipinski definition) is 2.